The standard InChI is InChI=1S/C12H6BrClF2N2O/c13-6-1-10(11(14)17-5-6)12(19)18-9-3-7(15)2-8(16)4-9/h1-5H,(H,18,19). The summed E-state index contributed by atoms with van der Waals surface area (Å²) in [6, 6.07) is 4.17. The van der Waals surface area contributed by atoms with E-state index in [1.165, 1.54) is 12.3 Å². The highest BCUT2D eigenvalue weighted by molar-refractivity contribution is 9.10. The molecule has 2 rings (SSSR count). The Hall–Kier alpha value is -1.53. The minimum absolute atomic E-state index is 0.00135. The van der Waals surface area contributed by atoms with E-state index in [2.05, 4.69) is 26.2 Å². The molecule has 1 aromatic heterocycles. The van der Waals surface area contributed by atoms with Crippen LogP contribution in [0, 0.1) is 11.6 Å². The first-order valence-corrected chi connectivity index (χ1v) is 6.21. The molecule has 0 saturated heterocycles. The number of benzene rings is 1. The summed E-state index contributed by atoms with van der Waals surface area (Å²) < 4.78 is 26.5. The van der Waals surface area contributed by atoms with Crippen LogP contribution >= 0.6 is 27.5 Å². The average molecular weight is 348 g/mol. The molecule has 0 atom stereocenters. The number of hydrogen-bond acceptors (Lipinski definition) is 2. The Morgan fingerprint density at radius 1 is 1.21 bits per heavy atom. The van der Waals surface area contributed by atoms with Crippen molar-refractivity contribution >= 4 is 39.1 Å². The van der Waals surface area contributed by atoms with Crippen molar-refractivity contribution in [2.24, 2.45) is 0 Å². The third kappa shape index (κ3) is 3.48. The summed E-state index contributed by atoms with van der Waals surface area (Å²) in [4.78, 5) is 15.7. The zero-order valence-electron chi connectivity index (χ0n) is 9.25. The number of rotatable bonds is 2. The maximum absolute atomic E-state index is 13.0. The molecule has 0 bridgehead atoms. The summed E-state index contributed by atoms with van der Waals surface area (Å²) in [5.74, 6) is -2.17. The lowest BCUT2D eigenvalue weighted by Gasteiger charge is -2.07. The van der Waals surface area contributed by atoms with Crippen LogP contribution in [0.25, 0.3) is 0 Å². The van der Waals surface area contributed by atoms with Gasteiger partial charge in [0.05, 0.1) is 5.56 Å². The van der Waals surface area contributed by atoms with Gasteiger partial charge in [-0.25, -0.2) is 13.8 Å². The Balaban J connectivity index is 2.28. The van der Waals surface area contributed by atoms with E-state index in [1.807, 2.05) is 0 Å². The van der Waals surface area contributed by atoms with E-state index in [0.29, 0.717) is 10.5 Å². The minimum Gasteiger partial charge on any atom is -0.322 e. The lowest BCUT2D eigenvalue weighted by atomic mass is 10.2. The van der Waals surface area contributed by atoms with Gasteiger partial charge in [0.25, 0.3) is 5.91 Å². The normalized spacial score (nSPS) is 10.3. The van der Waals surface area contributed by atoms with Gasteiger partial charge in [0, 0.05) is 22.4 Å². The van der Waals surface area contributed by atoms with E-state index < -0.39 is 17.5 Å². The van der Waals surface area contributed by atoms with Gasteiger partial charge in [0.15, 0.2) is 0 Å². The Labute approximate surface area is 120 Å². The minimum atomic E-state index is -0.784. The van der Waals surface area contributed by atoms with Gasteiger partial charge in [-0.05, 0) is 34.1 Å². The Morgan fingerprint density at radius 3 is 2.47 bits per heavy atom. The number of nitrogens with one attached hydrogen (secondary N) is 1. The van der Waals surface area contributed by atoms with Crippen LogP contribution in [0.15, 0.2) is 34.9 Å². The van der Waals surface area contributed by atoms with Crippen molar-refractivity contribution in [3.8, 4) is 0 Å². The fraction of sp³-hybridized carbons (Fsp3) is 0. The van der Waals surface area contributed by atoms with Crippen molar-refractivity contribution in [1.29, 1.82) is 0 Å². The molecule has 2 aromatic rings. The first-order valence-electron chi connectivity index (χ1n) is 5.04. The summed E-state index contributed by atoms with van der Waals surface area (Å²) in [6.07, 6.45) is 1.43. The molecule has 98 valence electrons. The monoisotopic (exact) mass is 346 g/mol. The van der Waals surface area contributed by atoms with E-state index in [1.54, 1.807) is 0 Å². The van der Waals surface area contributed by atoms with Crippen LogP contribution in [-0.2, 0) is 0 Å². The van der Waals surface area contributed by atoms with Gasteiger partial charge in [-0.2, -0.15) is 0 Å². The van der Waals surface area contributed by atoms with Crippen LogP contribution in [0.2, 0.25) is 5.15 Å². The molecule has 0 saturated carbocycles. The first kappa shape index (κ1) is 13.9. The Kier molecular flexibility index (Phi) is 4.11. The topological polar surface area (TPSA) is 42.0 Å². The molecule has 1 heterocycles. The Bertz CT molecular complexity index is 631. The first-order chi connectivity index (χ1) is 8.95. The Morgan fingerprint density at radius 2 is 1.84 bits per heavy atom. The molecule has 1 N–H and O–H groups in total. The zero-order chi connectivity index (χ0) is 14.0. The quantitative estimate of drug-likeness (QED) is 0.834. The van der Waals surface area contributed by atoms with Crippen molar-refractivity contribution in [3.63, 3.8) is 0 Å². The predicted molar refractivity (Wildman–Crippen MR) is 71.3 cm³/mol. The van der Waals surface area contributed by atoms with Crippen LogP contribution < -0.4 is 5.32 Å². The summed E-state index contributed by atoms with van der Waals surface area (Å²) in [6.45, 7) is 0. The van der Waals surface area contributed by atoms with Gasteiger partial charge in [-0.1, -0.05) is 11.6 Å². The number of amides is 1. The van der Waals surface area contributed by atoms with Crippen molar-refractivity contribution in [1.82, 2.24) is 4.98 Å². The molecule has 0 aliphatic carbocycles. The maximum atomic E-state index is 13.0. The van der Waals surface area contributed by atoms with Crippen molar-refractivity contribution in [2.45, 2.75) is 0 Å². The molecule has 19 heavy (non-hydrogen) atoms. The third-order valence-electron chi connectivity index (χ3n) is 2.17. The number of carbonyl (C=O) groups is 1. The predicted octanol–water partition coefficient (Wildman–Crippen LogP) is 4.03. The summed E-state index contributed by atoms with van der Waals surface area (Å²) in [5.41, 5.74) is 0.0965. The molecule has 0 radical (unpaired) electrons. The van der Waals surface area contributed by atoms with Crippen LogP contribution in [0.5, 0.6) is 0 Å². The second kappa shape index (κ2) is 5.63. The number of pyridine rings is 1. The van der Waals surface area contributed by atoms with E-state index in [-0.39, 0.29) is 16.4 Å². The third-order valence-corrected chi connectivity index (χ3v) is 2.91. The van der Waals surface area contributed by atoms with Gasteiger partial charge in [-0.3, -0.25) is 4.79 Å². The molecule has 7 heteroatoms. The number of aromatic nitrogens is 1. The zero-order valence-corrected chi connectivity index (χ0v) is 11.6. The van der Waals surface area contributed by atoms with Crippen LogP contribution in [-0.4, -0.2) is 10.9 Å². The SMILES string of the molecule is O=C(Nc1cc(F)cc(F)c1)c1cc(Br)cnc1Cl. The van der Waals surface area contributed by atoms with Gasteiger partial charge < -0.3 is 5.32 Å². The number of nitrogens with zero attached hydrogens (tertiary/aromatic N) is 1. The smallest absolute Gasteiger partial charge is 0.258 e. The molecular formula is C12H6BrClF2N2O. The highest BCUT2D eigenvalue weighted by Gasteiger charge is 2.13. The summed E-state index contributed by atoms with van der Waals surface area (Å²) in [5, 5.41) is 2.34. The summed E-state index contributed by atoms with van der Waals surface area (Å²) >= 11 is 8.93. The van der Waals surface area contributed by atoms with Crippen molar-refractivity contribution < 1.29 is 13.6 Å². The van der Waals surface area contributed by atoms with Gasteiger partial charge in [0.2, 0.25) is 0 Å². The van der Waals surface area contributed by atoms with Crippen LogP contribution in [0.3, 0.4) is 0 Å². The second-order valence-electron chi connectivity index (χ2n) is 3.60. The van der Waals surface area contributed by atoms with Crippen molar-refractivity contribution in [3.05, 3.63) is 57.3 Å². The van der Waals surface area contributed by atoms with E-state index >= 15 is 0 Å². The average Bonchev–Trinajstić information content (AvgIpc) is 2.30. The van der Waals surface area contributed by atoms with E-state index in [4.69, 9.17) is 11.6 Å². The van der Waals surface area contributed by atoms with Crippen LogP contribution in [0.1, 0.15) is 10.4 Å². The molecule has 1 aromatic carbocycles. The molecule has 0 aliphatic rings. The largest absolute Gasteiger partial charge is 0.322 e. The van der Waals surface area contributed by atoms with Gasteiger partial charge >= 0.3 is 0 Å². The fourth-order valence-corrected chi connectivity index (χ4v) is 1.93. The van der Waals surface area contributed by atoms with Gasteiger partial charge in [-0.15, -0.1) is 0 Å². The second-order valence-corrected chi connectivity index (χ2v) is 4.88. The van der Waals surface area contributed by atoms with E-state index in [0.717, 1.165) is 12.1 Å². The molecule has 1 amide bonds. The number of hydrogen-bond donors (Lipinski definition) is 1. The highest BCUT2D eigenvalue weighted by atomic mass is 79.9. The summed E-state index contributed by atoms with van der Waals surface area (Å²) in [7, 11) is 0. The number of anilines is 1. The molecule has 0 fully saturated rings. The number of halogens is 4. The van der Waals surface area contributed by atoms with Crippen LogP contribution in [0.4, 0.5) is 14.5 Å². The fourth-order valence-electron chi connectivity index (χ4n) is 1.41. The molecule has 3 nitrogen and oxygen atoms in total. The number of carbonyl (C=O) groups excluding carboxylic acids is 1. The van der Waals surface area contributed by atoms with E-state index in [9.17, 15) is 13.6 Å². The lowest BCUT2D eigenvalue weighted by Crippen LogP contribution is -2.13. The molecular weight excluding hydrogens is 341 g/mol. The van der Waals surface area contributed by atoms with Gasteiger partial charge in [0.1, 0.15) is 16.8 Å². The molecule has 0 aliphatic heterocycles. The molecule has 0 unspecified atom stereocenters. The highest BCUT2D eigenvalue weighted by Crippen LogP contribution is 2.20. The van der Waals surface area contributed by atoms with Crippen molar-refractivity contribution in [2.75, 3.05) is 5.32 Å². The molecule has 0 spiro atoms. The lowest BCUT2D eigenvalue weighted by molar-refractivity contribution is 0.102. The maximum Gasteiger partial charge on any atom is 0.258 e.